The first kappa shape index (κ1) is 18.2. The van der Waals surface area contributed by atoms with E-state index in [1.165, 1.54) is 6.08 Å². The zero-order chi connectivity index (χ0) is 19.2. The van der Waals surface area contributed by atoms with Crippen molar-refractivity contribution in [2.75, 3.05) is 0 Å². The molecule has 0 amide bonds. The third kappa shape index (κ3) is 2.89. The van der Waals surface area contributed by atoms with Crippen LogP contribution in [0, 0.1) is 5.92 Å². The Hall–Kier alpha value is -2.63. The molecule has 1 saturated heterocycles. The number of hydrogen-bond acceptors (Lipinski definition) is 6. The molecule has 4 atom stereocenters. The van der Waals surface area contributed by atoms with Crippen LogP contribution in [-0.4, -0.2) is 35.5 Å². The number of fused-ring (bicyclic) bond motifs is 3. The molecule has 1 unspecified atom stereocenters. The summed E-state index contributed by atoms with van der Waals surface area (Å²) in [6.45, 7) is 10.6. The van der Waals surface area contributed by atoms with Gasteiger partial charge in [0, 0.05) is 23.6 Å². The van der Waals surface area contributed by atoms with Crippen molar-refractivity contribution >= 4 is 17.7 Å². The largest absolute Gasteiger partial charge is 0.479 e. The summed E-state index contributed by atoms with van der Waals surface area (Å²) >= 11 is 0. The molecule has 0 radical (unpaired) electrons. The summed E-state index contributed by atoms with van der Waals surface area (Å²) in [7, 11) is 0. The Morgan fingerprint density at radius 1 is 1.42 bits per heavy atom. The molecule has 6 heteroatoms. The molecule has 1 fully saturated rings. The van der Waals surface area contributed by atoms with Crippen molar-refractivity contribution in [3.05, 3.63) is 47.3 Å². The molecule has 0 aromatic heterocycles. The lowest BCUT2D eigenvalue weighted by Gasteiger charge is -2.31. The molecule has 3 aliphatic rings. The highest BCUT2D eigenvalue weighted by Gasteiger charge is 2.51. The van der Waals surface area contributed by atoms with Crippen LogP contribution in [0.4, 0.5) is 0 Å². The first-order chi connectivity index (χ1) is 12.2. The summed E-state index contributed by atoms with van der Waals surface area (Å²) < 4.78 is 17.0. The van der Waals surface area contributed by atoms with Crippen LogP contribution in [0.5, 0.6) is 0 Å². The van der Waals surface area contributed by atoms with Gasteiger partial charge in [-0.15, -0.1) is 0 Å². The third-order valence-electron chi connectivity index (χ3n) is 5.19. The minimum atomic E-state index is -1.17. The van der Waals surface area contributed by atoms with E-state index in [0.717, 1.165) is 0 Å². The van der Waals surface area contributed by atoms with Crippen molar-refractivity contribution in [1.82, 2.24) is 0 Å². The maximum absolute atomic E-state index is 12.5. The van der Waals surface area contributed by atoms with E-state index in [9.17, 15) is 14.4 Å². The fourth-order valence-electron chi connectivity index (χ4n) is 3.41. The summed E-state index contributed by atoms with van der Waals surface area (Å²) in [6.07, 6.45) is 3.50. The molecule has 0 spiro atoms. The molecular formula is C20H22O6. The van der Waals surface area contributed by atoms with Gasteiger partial charge in [0.2, 0.25) is 5.78 Å². The first-order valence-corrected chi connectivity index (χ1v) is 8.54. The Bertz CT molecular complexity index is 799. The van der Waals surface area contributed by atoms with E-state index in [1.807, 2.05) is 0 Å². The molecule has 6 nitrogen and oxygen atoms in total. The SMILES string of the molecule is C=C1C(=O)O[C@@H]2/C=C(/C)C3=CC(=O)[C@@](C)(C[C@@H](OC(=O)/C(C)=C\C)C12)O3. The minimum absolute atomic E-state index is 0.104. The number of ether oxygens (including phenoxy) is 3. The van der Waals surface area contributed by atoms with E-state index in [2.05, 4.69) is 6.58 Å². The zero-order valence-corrected chi connectivity index (χ0v) is 15.3. The molecule has 0 aromatic rings. The third-order valence-corrected chi connectivity index (χ3v) is 5.19. The average molecular weight is 358 g/mol. The summed E-state index contributed by atoms with van der Waals surface area (Å²) in [5, 5.41) is 0. The van der Waals surface area contributed by atoms with Gasteiger partial charge in [-0.3, -0.25) is 4.79 Å². The predicted octanol–water partition coefficient (Wildman–Crippen LogP) is 2.55. The van der Waals surface area contributed by atoms with Crippen molar-refractivity contribution in [2.45, 2.75) is 51.9 Å². The number of carbonyl (C=O) groups excluding carboxylic acids is 3. The fourth-order valence-corrected chi connectivity index (χ4v) is 3.41. The van der Waals surface area contributed by atoms with Crippen molar-refractivity contribution in [3.8, 4) is 0 Å². The van der Waals surface area contributed by atoms with Crippen LogP contribution in [0.25, 0.3) is 0 Å². The van der Waals surface area contributed by atoms with Crippen molar-refractivity contribution in [2.24, 2.45) is 5.92 Å². The highest BCUT2D eigenvalue weighted by molar-refractivity contribution is 6.00. The number of rotatable bonds is 2. The normalized spacial score (nSPS) is 35.9. The van der Waals surface area contributed by atoms with Gasteiger partial charge in [0.05, 0.1) is 5.92 Å². The van der Waals surface area contributed by atoms with Gasteiger partial charge < -0.3 is 14.2 Å². The molecule has 0 aromatic carbocycles. The van der Waals surface area contributed by atoms with Gasteiger partial charge in [0.1, 0.15) is 18.0 Å². The highest BCUT2D eigenvalue weighted by Crippen LogP contribution is 2.42. The lowest BCUT2D eigenvalue weighted by atomic mass is 9.82. The highest BCUT2D eigenvalue weighted by atomic mass is 16.6. The standard InChI is InChI=1S/C20H22O6/c1-6-10(2)18(22)25-15-9-20(5)16(21)8-13(26-20)11(3)7-14-17(15)12(4)19(23)24-14/h6-8,14-15,17H,4,9H2,1-3,5H3/b10-6-,11-7-/t14-,15-,17?,20-/m1/s1. The smallest absolute Gasteiger partial charge is 0.334 e. The molecule has 0 N–H and O–H groups in total. The van der Waals surface area contributed by atoms with Gasteiger partial charge in [-0.25, -0.2) is 9.59 Å². The number of hydrogen-bond donors (Lipinski definition) is 0. The van der Waals surface area contributed by atoms with Crippen LogP contribution in [0.3, 0.4) is 0 Å². The topological polar surface area (TPSA) is 78.9 Å². The Labute approximate surface area is 152 Å². The fraction of sp³-hybridized carbons (Fsp3) is 0.450. The molecule has 0 aliphatic carbocycles. The lowest BCUT2D eigenvalue weighted by Crippen LogP contribution is -2.42. The second-order valence-corrected chi connectivity index (χ2v) is 7.10. The van der Waals surface area contributed by atoms with Crippen LogP contribution in [0.15, 0.2) is 47.3 Å². The van der Waals surface area contributed by atoms with E-state index >= 15 is 0 Å². The zero-order valence-electron chi connectivity index (χ0n) is 15.3. The second-order valence-electron chi connectivity index (χ2n) is 7.10. The summed E-state index contributed by atoms with van der Waals surface area (Å²) in [5.74, 6) is -1.35. The number of allylic oxidation sites excluding steroid dienone is 2. The molecule has 26 heavy (non-hydrogen) atoms. The van der Waals surface area contributed by atoms with Crippen molar-refractivity contribution in [3.63, 3.8) is 0 Å². The lowest BCUT2D eigenvalue weighted by molar-refractivity contribution is -0.153. The quantitative estimate of drug-likeness (QED) is 0.558. The van der Waals surface area contributed by atoms with E-state index in [-0.39, 0.29) is 17.8 Å². The van der Waals surface area contributed by atoms with Gasteiger partial charge in [-0.05, 0) is 39.3 Å². The predicted molar refractivity (Wildman–Crippen MR) is 92.8 cm³/mol. The van der Waals surface area contributed by atoms with E-state index in [1.54, 1.807) is 39.8 Å². The molecule has 3 aliphatic heterocycles. The van der Waals surface area contributed by atoms with E-state index in [0.29, 0.717) is 16.9 Å². The van der Waals surface area contributed by atoms with Crippen molar-refractivity contribution in [1.29, 1.82) is 0 Å². The number of carbonyl (C=O) groups is 3. The van der Waals surface area contributed by atoms with Crippen LogP contribution < -0.4 is 0 Å². The van der Waals surface area contributed by atoms with Gasteiger partial charge in [0.15, 0.2) is 5.60 Å². The minimum Gasteiger partial charge on any atom is -0.479 e. The van der Waals surface area contributed by atoms with Crippen LogP contribution in [0.1, 0.15) is 34.1 Å². The number of ketones is 1. The average Bonchev–Trinajstić information content (AvgIpc) is 3.03. The Morgan fingerprint density at radius 3 is 2.77 bits per heavy atom. The molecule has 0 saturated carbocycles. The van der Waals surface area contributed by atoms with Gasteiger partial charge in [-0.2, -0.15) is 0 Å². The molecule has 3 rings (SSSR count). The molecule has 3 heterocycles. The van der Waals surface area contributed by atoms with E-state index < -0.39 is 35.7 Å². The summed E-state index contributed by atoms with van der Waals surface area (Å²) in [6, 6.07) is 0. The first-order valence-electron chi connectivity index (χ1n) is 8.54. The van der Waals surface area contributed by atoms with Crippen LogP contribution in [0.2, 0.25) is 0 Å². The number of esters is 2. The Balaban J connectivity index is 2.05. The summed E-state index contributed by atoms with van der Waals surface area (Å²) in [5.41, 5.74) is 0.195. The maximum Gasteiger partial charge on any atom is 0.334 e. The Morgan fingerprint density at radius 2 is 2.12 bits per heavy atom. The Kier molecular flexibility index (Phi) is 4.38. The van der Waals surface area contributed by atoms with Gasteiger partial charge in [-0.1, -0.05) is 12.7 Å². The van der Waals surface area contributed by atoms with Crippen LogP contribution in [-0.2, 0) is 28.6 Å². The molecule has 138 valence electrons. The van der Waals surface area contributed by atoms with E-state index in [4.69, 9.17) is 14.2 Å². The van der Waals surface area contributed by atoms with Gasteiger partial charge in [0.25, 0.3) is 0 Å². The van der Waals surface area contributed by atoms with Crippen LogP contribution >= 0.6 is 0 Å². The second kappa shape index (κ2) is 6.27. The summed E-state index contributed by atoms with van der Waals surface area (Å²) in [4.78, 5) is 36.9. The molecule has 2 bridgehead atoms. The molecular weight excluding hydrogens is 336 g/mol. The monoisotopic (exact) mass is 358 g/mol. The van der Waals surface area contributed by atoms with Gasteiger partial charge >= 0.3 is 11.9 Å². The maximum atomic E-state index is 12.5. The van der Waals surface area contributed by atoms with Crippen molar-refractivity contribution < 1.29 is 28.6 Å².